The van der Waals surface area contributed by atoms with Gasteiger partial charge in [-0.3, -0.25) is 4.98 Å². The first-order valence-corrected chi connectivity index (χ1v) is 6.83. The molecule has 0 aromatic carbocycles. The zero-order valence-corrected chi connectivity index (χ0v) is 10.8. The number of nitrogens with one attached hydrogen (secondary N) is 1. The molecule has 19 heavy (non-hydrogen) atoms. The van der Waals surface area contributed by atoms with Crippen LogP contribution in [-0.4, -0.2) is 27.2 Å². The summed E-state index contributed by atoms with van der Waals surface area (Å²) in [4.78, 5) is 8.90. The van der Waals surface area contributed by atoms with Crippen molar-refractivity contribution in [1.82, 2.24) is 20.4 Å². The van der Waals surface area contributed by atoms with Gasteiger partial charge in [0, 0.05) is 18.3 Å². The standard InChI is InChI=1S/C14H16N4O/c1-8-3-2-6-15-12(8)13-17-14(19-18-13)10-7-9-4-5-11(10)16-9/h2-3,6,9-11,16H,4-5,7H2,1H3. The number of hydrogen-bond acceptors (Lipinski definition) is 5. The molecule has 2 aromatic heterocycles. The maximum absolute atomic E-state index is 5.47. The van der Waals surface area contributed by atoms with E-state index in [1.54, 1.807) is 6.20 Å². The van der Waals surface area contributed by atoms with Crippen molar-refractivity contribution in [3.8, 4) is 11.5 Å². The summed E-state index contributed by atoms with van der Waals surface area (Å²) in [5.41, 5.74) is 1.88. The Morgan fingerprint density at radius 3 is 3.05 bits per heavy atom. The van der Waals surface area contributed by atoms with Gasteiger partial charge in [0.05, 0.1) is 5.92 Å². The summed E-state index contributed by atoms with van der Waals surface area (Å²) in [5.74, 6) is 1.75. The fourth-order valence-electron chi connectivity index (χ4n) is 3.30. The lowest BCUT2D eigenvalue weighted by molar-refractivity contribution is 0.329. The van der Waals surface area contributed by atoms with Gasteiger partial charge in [0.2, 0.25) is 11.7 Å². The lowest BCUT2D eigenvalue weighted by Gasteiger charge is -2.15. The van der Waals surface area contributed by atoms with Gasteiger partial charge in [-0.15, -0.1) is 0 Å². The summed E-state index contributed by atoms with van der Waals surface area (Å²) in [5, 5.41) is 7.69. The number of nitrogens with zero attached hydrogens (tertiary/aromatic N) is 3. The Bertz CT molecular complexity index is 609. The first-order valence-electron chi connectivity index (χ1n) is 6.83. The Morgan fingerprint density at radius 1 is 1.37 bits per heavy atom. The van der Waals surface area contributed by atoms with E-state index < -0.39 is 0 Å². The van der Waals surface area contributed by atoms with Crippen LogP contribution in [0.25, 0.3) is 11.5 Å². The summed E-state index contributed by atoms with van der Waals surface area (Å²) < 4.78 is 5.47. The number of hydrogen-bond donors (Lipinski definition) is 1. The molecule has 2 fully saturated rings. The number of pyridine rings is 1. The number of rotatable bonds is 2. The van der Waals surface area contributed by atoms with E-state index in [1.165, 1.54) is 12.8 Å². The highest BCUT2D eigenvalue weighted by Gasteiger charge is 2.42. The molecule has 2 aromatic rings. The topological polar surface area (TPSA) is 63.8 Å². The quantitative estimate of drug-likeness (QED) is 0.891. The van der Waals surface area contributed by atoms with Crippen molar-refractivity contribution in [2.24, 2.45) is 0 Å². The second-order valence-electron chi connectivity index (χ2n) is 5.51. The van der Waals surface area contributed by atoms with E-state index in [0.717, 1.165) is 23.6 Å². The molecule has 3 atom stereocenters. The summed E-state index contributed by atoms with van der Waals surface area (Å²) in [6, 6.07) is 5.09. The van der Waals surface area contributed by atoms with Crippen LogP contribution in [-0.2, 0) is 0 Å². The van der Waals surface area contributed by atoms with E-state index in [1.807, 2.05) is 19.1 Å². The predicted octanol–water partition coefficient (Wildman–Crippen LogP) is 2.05. The van der Waals surface area contributed by atoms with Crippen molar-refractivity contribution in [2.75, 3.05) is 0 Å². The molecule has 4 heterocycles. The largest absolute Gasteiger partial charge is 0.339 e. The summed E-state index contributed by atoms with van der Waals surface area (Å²) in [6.07, 6.45) is 5.38. The van der Waals surface area contributed by atoms with Gasteiger partial charge in [-0.05, 0) is 37.8 Å². The minimum absolute atomic E-state index is 0.379. The van der Waals surface area contributed by atoms with E-state index >= 15 is 0 Å². The van der Waals surface area contributed by atoms with Gasteiger partial charge in [0.15, 0.2) is 0 Å². The molecule has 5 nitrogen and oxygen atoms in total. The second-order valence-corrected chi connectivity index (χ2v) is 5.51. The minimum atomic E-state index is 0.379. The van der Waals surface area contributed by atoms with Crippen LogP contribution in [0.2, 0.25) is 0 Å². The highest BCUT2D eigenvalue weighted by Crippen LogP contribution is 2.39. The predicted molar refractivity (Wildman–Crippen MR) is 69.6 cm³/mol. The van der Waals surface area contributed by atoms with Gasteiger partial charge >= 0.3 is 0 Å². The molecule has 4 rings (SSSR count). The molecule has 98 valence electrons. The Morgan fingerprint density at radius 2 is 2.32 bits per heavy atom. The third-order valence-electron chi connectivity index (χ3n) is 4.28. The monoisotopic (exact) mass is 256 g/mol. The van der Waals surface area contributed by atoms with E-state index in [0.29, 0.717) is 23.8 Å². The first kappa shape index (κ1) is 11.1. The van der Waals surface area contributed by atoms with Crippen molar-refractivity contribution < 1.29 is 4.52 Å². The second kappa shape index (κ2) is 4.13. The van der Waals surface area contributed by atoms with E-state index in [9.17, 15) is 0 Å². The maximum Gasteiger partial charge on any atom is 0.231 e. The Kier molecular flexibility index (Phi) is 2.41. The number of fused-ring (bicyclic) bond motifs is 2. The molecular formula is C14H16N4O. The van der Waals surface area contributed by atoms with Crippen LogP contribution in [0.15, 0.2) is 22.9 Å². The van der Waals surface area contributed by atoms with Crippen LogP contribution in [0, 0.1) is 6.92 Å². The molecule has 0 aliphatic carbocycles. The van der Waals surface area contributed by atoms with Crippen LogP contribution in [0.4, 0.5) is 0 Å². The van der Waals surface area contributed by atoms with E-state index in [-0.39, 0.29) is 0 Å². The molecule has 5 heteroatoms. The van der Waals surface area contributed by atoms with Crippen LogP contribution < -0.4 is 5.32 Å². The number of aromatic nitrogens is 3. The Balaban J connectivity index is 1.65. The lowest BCUT2D eigenvalue weighted by Crippen LogP contribution is -2.21. The van der Waals surface area contributed by atoms with Gasteiger partial charge in [-0.2, -0.15) is 4.98 Å². The van der Waals surface area contributed by atoms with Crippen LogP contribution in [0.1, 0.15) is 36.6 Å². The molecule has 2 saturated heterocycles. The SMILES string of the molecule is Cc1cccnc1-c1noc(C2CC3CCC2N3)n1. The summed E-state index contributed by atoms with van der Waals surface area (Å²) >= 11 is 0. The van der Waals surface area contributed by atoms with Gasteiger partial charge in [0.25, 0.3) is 0 Å². The normalized spacial score (nSPS) is 29.0. The average Bonchev–Trinajstić information content (AvgIpc) is 3.15. The maximum atomic E-state index is 5.47. The van der Waals surface area contributed by atoms with Gasteiger partial charge in [0.1, 0.15) is 5.69 Å². The van der Waals surface area contributed by atoms with Crippen molar-refractivity contribution in [1.29, 1.82) is 0 Å². The molecule has 2 aliphatic heterocycles. The molecular weight excluding hydrogens is 240 g/mol. The fourth-order valence-corrected chi connectivity index (χ4v) is 3.30. The highest BCUT2D eigenvalue weighted by molar-refractivity contribution is 5.53. The molecule has 3 unspecified atom stereocenters. The molecule has 1 N–H and O–H groups in total. The molecule has 0 amide bonds. The van der Waals surface area contributed by atoms with Crippen molar-refractivity contribution in [3.05, 3.63) is 29.8 Å². The average molecular weight is 256 g/mol. The molecule has 2 aliphatic rings. The van der Waals surface area contributed by atoms with Crippen molar-refractivity contribution in [3.63, 3.8) is 0 Å². The minimum Gasteiger partial charge on any atom is -0.339 e. The van der Waals surface area contributed by atoms with Gasteiger partial charge in [-0.25, -0.2) is 0 Å². The van der Waals surface area contributed by atoms with Gasteiger partial charge < -0.3 is 9.84 Å². The molecule has 0 radical (unpaired) electrons. The first-order chi connectivity index (χ1) is 9.31. The van der Waals surface area contributed by atoms with Crippen LogP contribution in [0.3, 0.4) is 0 Å². The number of aryl methyl sites for hydroxylation is 1. The third-order valence-corrected chi connectivity index (χ3v) is 4.28. The third kappa shape index (κ3) is 1.76. The van der Waals surface area contributed by atoms with E-state index in [4.69, 9.17) is 4.52 Å². The van der Waals surface area contributed by atoms with Gasteiger partial charge in [-0.1, -0.05) is 11.2 Å². The van der Waals surface area contributed by atoms with Crippen LogP contribution >= 0.6 is 0 Å². The highest BCUT2D eigenvalue weighted by atomic mass is 16.5. The summed E-state index contributed by atoms with van der Waals surface area (Å²) in [6.45, 7) is 2.01. The Labute approximate surface area is 111 Å². The zero-order valence-electron chi connectivity index (χ0n) is 10.8. The zero-order chi connectivity index (χ0) is 12.8. The van der Waals surface area contributed by atoms with Crippen molar-refractivity contribution in [2.45, 2.75) is 44.2 Å². The van der Waals surface area contributed by atoms with Crippen molar-refractivity contribution >= 4 is 0 Å². The Hall–Kier alpha value is -1.75. The van der Waals surface area contributed by atoms with E-state index in [2.05, 4.69) is 20.4 Å². The summed E-state index contributed by atoms with van der Waals surface area (Å²) in [7, 11) is 0. The molecule has 0 spiro atoms. The van der Waals surface area contributed by atoms with Crippen LogP contribution in [0.5, 0.6) is 0 Å². The molecule has 0 saturated carbocycles. The fraction of sp³-hybridized carbons (Fsp3) is 0.500. The molecule has 2 bridgehead atoms. The smallest absolute Gasteiger partial charge is 0.231 e. The lowest BCUT2D eigenvalue weighted by atomic mass is 9.89.